The molecule has 1 aromatic carbocycles. The molecule has 0 aliphatic carbocycles. The van der Waals surface area contributed by atoms with Gasteiger partial charge in [-0.25, -0.2) is 0 Å². The molecule has 2 unspecified atom stereocenters. The molecular weight excluding hydrogens is 244 g/mol. The van der Waals surface area contributed by atoms with E-state index in [1.807, 2.05) is 0 Å². The Hall–Kier alpha value is -1.42. The minimum Gasteiger partial charge on any atom is -0.493 e. The van der Waals surface area contributed by atoms with E-state index in [0.717, 1.165) is 25.2 Å². The first kappa shape index (κ1) is 16.6. The zero-order valence-electron chi connectivity index (χ0n) is 13.8. The molecule has 0 amide bonds. The van der Waals surface area contributed by atoms with Crippen LogP contribution in [0, 0.1) is 31.6 Å². The van der Waals surface area contributed by atoms with Crippen molar-refractivity contribution >= 4 is 0 Å². The van der Waals surface area contributed by atoms with Gasteiger partial charge in [-0.1, -0.05) is 51.3 Å². The summed E-state index contributed by atoms with van der Waals surface area (Å²) in [6.45, 7) is 13.8. The summed E-state index contributed by atoms with van der Waals surface area (Å²) >= 11 is 0. The van der Waals surface area contributed by atoms with E-state index in [4.69, 9.17) is 4.74 Å². The van der Waals surface area contributed by atoms with Gasteiger partial charge in [-0.05, 0) is 37.3 Å². The van der Waals surface area contributed by atoms with Crippen LogP contribution in [0.25, 0.3) is 0 Å². The molecule has 0 radical (unpaired) electrons. The number of hydrogen-bond acceptors (Lipinski definition) is 1. The Bertz CT molecular complexity index is 490. The van der Waals surface area contributed by atoms with Gasteiger partial charge in [0, 0.05) is 12.3 Å². The van der Waals surface area contributed by atoms with E-state index in [2.05, 4.69) is 65.5 Å². The Labute approximate surface area is 124 Å². The average molecular weight is 272 g/mol. The third-order valence-electron chi connectivity index (χ3n) is 3.65. The zero-order chi connectivity index (χ0) is 15.1. The summed E-state index contributed by atoms with van der Waals surface area (Å²) < 4.78 is 6.00. The van der Waals surface area contributed by atoms with E-state index < -0.39 is 0 Å². The SMILES string of the molecule is CCC#CC(C)C(C)c1cc(C)cc(C)c1OCCC. The highest BCUT2D eigenvalue weighted by molar-refractivity contribution is 5.46. The van der Waals surface area contributed by atoms with Crippen molar-refractivity contribution in [2.24, 2.45) is 5.92 Å². The number of benzene rings is 1. The second-order valence-corrected chi connectivity index (χ2v) is 5.60. The lowest BCUT2D eigenvalue weighted by Crippen LogP contribution is -2.09. The van der Waals surface area contributed by atoms with Crippen LogP contribution >= 0.6 is 0 Å². The lowest BCUT2D eigenvalue weighted by molar-refractivity contribution is 0.309. The summed E-state index contributed by atoms with van der Waals surface area (Å²) in [4.78, 5) is 0. The van der Waals surface area contributed by atoms with Crippen molar-refractivity contribution in [3.8, 4) is 17.6 Å². The summed E-state index contributed by atoms with van der Waals surface area (Å²) in [6.07, 6.45) is 1.95. The standard InChI is InChI=1S/C19H28O/c1-7-9-10-15(4)17(6)18-13-14(3)12-16(5)19(18)20-11-8-2/h12-13,15,17H,7-8,11H2,1-6H3. The molecule has 0 heterocycles. The Balaban J connectivity index is 3.13. The second kappa shape index (κ2) is 8.00. The summed E-state index contributed by atoms with van der Waals surface area (Å²) in [7, 11) is 0. The van der Waals surface area contributed by atoms with Gasteiger partial charge < -0.3 is 4.74 Å². The maximum absolute atomic E-state index is 6.00. The molecule has 1 heteroatoms. The summed E-state index contributed by atoms with van der Waals surface area (Å²) in [6, 6.07) is 4.45. The van der Waals surface area contributed by atoms with Crippen LogP contribution < -0.4 is 4.74 Å². The van der Waals surface area contributed by atoms with Crippen molar-refractivity contribution in [3.05, 3.63) is 28.8 Å². The van der Waals surface area contributed by atoms with Crippen LogP contribution in [0.15, 0.2) is 12.1 Å². The number of rotatable bonds is 5. The van der Waals surface area contributed by atoms with Crippen LogP contribution in [-0.2, 0) is 0 Å². The maximum atomic E-state index is 6.00. The molecule has 1 rings (SSSR count). The number of hydrogen-bond donors (Lipinski definition) is 0. The molecule has 0 saturated carbocycles. The van der Waals surface area contributed by atoms with Gasteiger partial charge >= 0.3 is 0 Å². The molecule has 20 heavy (non-hydrogen) atoms. The topological polar surface area (TPSA) is 9.23 Å². The highest BCUT2D eigenvalue weighted by atomic mass is 16.5. The minimum atomic E-state index is 0.347. The van der Waals surface area contributed by atoms with E-state index in [9.17, 15) is 0 Å². The molecule has 0 fully saturated rings. The van der Waals surface area contributed by atoms with Gasteiger partial charge in [-0.3, -0.25) is 0 Å². The van der Waals surface area contributed by atoms with Gasteiger partial charge in [0.15, 0.2) is 0 Å². The predicted molar refractivity (Wildman–Crippen MR) is 87.3 cm³/mol. The lowest BCUT2D eigenvalue weighted by Gasteiger charge is -2.22. The molecule has 0 N–H and O–H groups in total. The molecule has 0 spiro atoms. The molecule has 2 atom stereocenters. The summed E-state index contributed by atoms with van der Waals surface area (Å²) in [5.41, 5.74) is 3.83. The third-order valence-corrected chi connectivity index (χ3v) is 3.65. The van der Waals surface area contributed by atoms with Crippen molar-refractivity contribution in [1.29, 1.82) is 0 Å². The highest BCUT2D eigenvalue weighted by Gasteiger charge is 2.19. The monoisotopic (exact) mass is 272 g/mol. The van der Waals surface area contributed by atoms with E-state index >= 15 is 0 Å². The van der Waals surface area contributed by atoms with Gasteiger partial charge in [0.05, 0.1) is 6.61 Å². The second-order valence-electron chi connectivity index (χ2n) is 5.60. The normalized spacial score (nSPS) is 13.3. The molecular formula is C19H28O. The number of aryl methyl sites for hydroxylation is 2. The Kier molecular flexibility index (Phi) is 6.65. The maximum Gasteiger partial charge on any atom is 0.125 e. The van der Waals surface area contributed by atoms with Crippen LogP contribution in [-0.4, -0.2) is 6.61 Å². The van der Waals surface area contributed by atoms with Crippen LogP contribution in [0.3, 0.4) is 0 Å². The molecule has 1 aromatic rings. The van der Waals surface area contributed by atoms with Gasteiger partial charge in [0.2, 0.25) is 0 Å². The fourth-order valence-electron chi connectivity index (χ4n) is 2.38. The molecule has 0 bridgehead atoms. The van der Waals surface area contributed by atoms with Crippen LogP contribution in [0.1, 0.15) is 63.1 Å². The van der Waals surface area contributed by atoms with Gasteiger partial charge in [-0.15, -0.1) is 5.92 Å². The van der Waals surface area contributed by atoms with Crippen molar-refractivity contribution in [1.82, 2.24) is 0 Å². The lowest BCUT2D eigenvalue weighted by atomic mass is 9.86. The van der Waals surface area contributed by atoms with Crippen molar-refractivity contribution in [2.45, 2.75) is 60.3 Å². The first-order valence-electron chi connectivity index (χ1n) is 7.73. The molecule has 0 saturated heterocycles. The summed E-state index contributed by atoms with van der Waals surface area (Å²) in [5.74, 6) is 8.35. The van der Waals surface area contributed by atoms with E-state index in [1.54, 1.807) is 0 Å². The predicted octanol–water partition coefficient (Wildman–Crippen LogP) is 5.25. The Morgan fingerprint density at radius 3 is 2.45 bits per heavy atom. The smallest absolute Gasteiger partial charge is 0.125 e. The van der Waals surface area contributed by atoms with Gasteiger partial charge in [-0.2, -0.15) is 0 Å². The quantitative estimate of drug-likeness (QED) is 0.666. The third kappa shape index (κ3) is 4.30. The molecule has 110 valence electrons. The molecule has 1 nitrogen and oxygen atoms in total. The first-order chi connectivity index (χ1) is 9.51. The van der Waals surface area contributed by atoms with Gasteiger partial charge in [0.1, 0.15) is 5.75 Å². The fraction of sp³-hybridized carbons (Fsp3) is 0.579. The van der Waals surface area contributed by atoms with Crippen molar-refractivity contribution in [2.75, 3.05) is 6.61 Å². The van der Waals surface area contributed by atoms with Crippen molar-refractivity contribution in [3.63, 3.8) is 0 Å². The first-order valence-corrected chi connectivity index (χ1v) is 7.73. The highest BCUT2D eigenvalue weighted by Crippen LogP contribution is 2.35. The van der Waals surface area contributed by atoms with Crippen LogP contribution in [0.5, 0.6) is 5.75 Å². The van der Waals surface area contributed by atoms with E-state index in [-0.39, 0.29) is 0 Å². The Morgan fingerprint density at radius 1 is 1.15 bits per heavy atom. The fourth-order valence-corrected chi connectivity index (χ4v) is 2.38. The minimum absolute atomic E-state index is 0.347. The van der Waals surface area contributed by atoms with Gasteiger partial charge in [0.25, 0.3) is 0 Å². The molecule has 0 aliphatic heterocycles. The zero-order valence-corrected chi connectivity index (χ0v) is 13.8. The van der Waals surface area contributed by atoms with Crippen molar-refractivity contribution < 1.29 is 4.74 Å². The van der Waals surface area contributed by atoms with Crippen LogP contribution in [0.2, 0.25) is 0 Å². The Morgan fingerprint density at radius 2 is 1.85 bits per heavy atom. The number of ether oxygens (including phenoxy) is 1. The largest absolute Gasteiger partial charge is 0.493 e. The molecule has 0 aliphatic rings. The van der Waals surface area contributed by atoms with Crippen LogP contribution in [0.4, 0.5) is 0 Å². The average Bonchev–Trinajstić information content (AvgIpc) is 2.42. The molecule has 0 aromatic heterocycles. The van der Waals surface area contributed by atoms with E-state index in [0.29, 0.717) is 11.8 Å². The summed E-state index contributed by atoms with van der Waals surface area (Å²) in [5, 5.41) is 0. The van der Waals surface area contributed by atoms with E-state index in [1.165, 1.54) is 16.7 Å².